The minimum atomic E-state index is -3.58. The van der Waals surface area contributed by atoms with Crippen LogP contribution in [0.5, 0.6) is 0 Å². The normalized spacial score (nSPS) is 24.1. The van der Waals surface area contributed by atoms with Gasteiger partial charge in [0.1, 0.15) is 6.04 Å². The van der Waals surface area contributed by atoms with E-state index in [-0.39, 0.29) is 11.4 Å². The maximum atomic E-state index is 11.9. The summed E-state index contributed by atoms with van der Waals surface area (Å²) in [5.41, 5.74) is 7.83. The van der Waals surface area contributed by atoms with Gasteiger partial charge in [-0.25, -0.2) is 8.42 Å². The van der Waals surface area contributed by atoms with Crippen LogP contribution < -0.4 is 5.73 Å². The summed E-state index contributed by atoms with van der Waals surface area (Å²) in [6.07, 6.45) is 0. The molecular weight excluding hydrogens is 228 g/mol. The van der Waals surface area contributed by atoms with Gasteiger partial charge in [0.15, 0.2) is 0 Å². The van der Waals surface area contributed by atoms with Crippen LogP contribution in [0.1, 0.15) is 5.56 Å². The highest BCUT2D eigenvalue weighted by Crippen LogP contribution is 2.28. The van der Waals surface area contributed by atoms with Crippen LogP contribution in [0.2, 0.25) is 0 Å². The highest BCUT2D eigenvalue weighted by molar-refractivity contribution is 7.89. The number of nitrogens with one attached hydrogen (secondary N) is 1. The molecule has 1 N–H and O–H groups in total. The van der Waals surface area contributed by atoms with Crippen molar-refractivity contribution >= 4 is 15.9 Å². The molecule has 1 aromatic carbocycles. The zero-order valence-corrected chi connectivity index (χ0v) is 9.49. The van der Waals surface area contributed by atoms with Crippen molar-refractivity contribution in [3.8, 4) is 0 Å². The smallest absolute Gasteiger partial charge is 0.258 e. The molecular formula is C10H11N2O3S. The van der Waals surface area contributed by atoms with E-state index in [1.165, 1.54) is 12.1 Å². The topological polar surface area (TPSA) is 78.0 Å². The first-order valence-electron chi connectivity index (χ1n) is 4.77. The monoisotopic (exact) mass is 239 g/mol. The molecule has 1 amide bonds. The van der Waals surface area contributed by atoms with Crippen LogP contribution >= 0.6 is 0 Å². The van der Waals surface area contributed by atoms with E-state index in [0.717, 1.165) is 9.87 Å². The Balaban J connectivity index is 2.28. The van der Waals surface area contributed by atoms with E-state index in [0.29, 0.717) is 0 Å². The Labute approximate surface area is 93.9 Å². The second-order valence-corrected chi connectivity index (χ2v) is 5.66. The Kier molecular flexibility index (Phi) is 2.47. The molecule has 2 unspecified atom stereocenters. The van der Waals surface area contributed by atoms with E-state index in [1.54, 1.807) is 12.1 Å². The Morgan fingerprint density at radius 2 is 1.94 bits per heavy atom. The fourth-order valence-electron chi connectivity index (χ4n) is 1.45. The quantitative estimate of drug-likeness (QED) is 0.706. The van der Waals surface area contributed by atoms with Gasteiger partial charge >= 0.3 is 0 Å². The number of sulfonamides is 1. The lowest BCUT2D eigenvalue weighted by Crippen LogP contribution is -2.19. The van der Waals surface area contributed by atoms with Gasteiger partial charge in [-0.1, -0.05) is 17.7 Å². The SMILES string of the molecule is Cc1ccc(S(=O)(=O)N2CC2C([NH])=O)cc1. The van der Waals surface area contributed by atoms with E-state index < -0.39 is 22.0 Å². The summed E-state index contributed by atoms with van der Waals surface area (Å²) >= 11 is 0. The lowest BCUT2D eigenvalue weighted by Gasteiger charge is -2.05. The van der Waals surface area contributed by atoms with E-state index in [9.17, 15) is 13.2 Å². The molecule has 0 spiro atoms. The van der Waals surface area contributed by atoms with Crippen molar-refractivity contribution in [1.82, 2.24) is 10.0 Å². The Bertz CT molecular complexity index is 522. The third-order valence-electron chi connectivity index (χ3n) is 2.50. The van der Waals surface area contributed by atoms with Gasteiger partial charge in [0.25, 0.3) is 5.91 Å². The molecule has 1 fully saturated rings. The molecule has 0 aromatic heterocycles. The molecule has 1 radical (unpaired) electrons. The van der Waals surface area contributed by atoms with Crippen LogP contribution in [0.4, 0.5) is 0 Å². The standard InChI is InChI=1S/C10H11N2O3S/c1-7-2-4-8(5-3-7)16(14,15)12-6-9(12)10(11)13/h2-5,9,11H,6H2,1H3. The zero-order valence-electron chi connectivity index (χ0n) is 8.67. The summed E-state index contributed by atoms with van der Waals surface area (Å²) in [5, 5.41) is 0. The first-order valence-corrected chi connectivity index (χ1v) is 6.21. The number of amides is 1. The van der Waals surface area contributed by atoms with Gasteiger partial charge < -0.3 is 0 Å². The van der Waals surface area contributed by atoms with Gasteiger partial charge in [-0.2, -0.15) is 4.31 Å². The fraction of sp³-hybridized carbons (Fsp3) is 0.300. The molecule has 1 aromatic rings. The van der Waals surface area contributed by atoms with Crippen molar-refractivity contribution in [2.75, 3.05) is 6.54 Å². The third kappa shape index (κ3) is 1.81. The second kappa shape index (κ2) is 3.57. The molecule has 1 aliphatic rings. The summed E-state index contributed by atoms with van der Waals surface area (Å²) in [5.74, 6) is -0.851. The number of hydrogen-bond donors (Lipinski definition) is 0. The van der Waals surface area contributed by atoms with E-state index in [2.05, 4.69) is 0 Å². The summed E-state index contributed by atoms with van der Waals surface area (Å²) in [7, 11) is -3.58. The minimum absolute atomic E-state index is 0.124. The van der Waals surface area contributed by atoms with E-state index in [1.807, 2.05) is 6.92 Å². The highest BCUT2D eigenvalue weighted by Gasteiger charge is 2.48. The Hall–Kier alpha value is -1.40. The number of aryl methyl sites for hydroxylation is 1. The predicted molar refractivity (Wildman–Crippen MR) is 57.0 cm³/mol. The van der Waals surface area contributed by atoms with Crippen molar-refractivity contribution in [1.29, 1.82) is 0 Å². The molecule has 85 valence electrons. The van der Waals surface area contributed by atoms with Gasteiger partial charge in [0.05, 0.1) is 4.90 Å². The maximum Gasteiger partial charge on any atom is 0.258 e. The van der Waals surface area contributed by atoms with Gasteiger partial charge in [-0.05, 0) is 19.1 Å². The van der Waals surface area contributed by atoms with E-state index >= 15 is 0 Å². The maximum absolute atomic E-state index is 11.9. The van der Waals surface area contributed by atoms with Crippen molar-refractivity contribution < 1.29 is 13.2 Å². The first kappa shape index (κ1) is 11.1. The van der Waals surface area contributed by atoms with Crippen LogP contribution in [-0.2, 0) is 14.8 Å². The lowest BCUT2D eigenvalue weighted by molar-refractivity contribution is -0.118. The summed E-state index contributed by atoms with van der Waals surface area (Å²) in [6, 6.07) is 5.64. The van der Waals surface area contributed by atoms with Crippen LogP contribution in [0.15, 0.2) is 29.2 Å². The largest absolute Gasteiger partial charge is 0.271 e. The van der Waals surface area contributed by atoms with Crippen LogP contribution in [0, 0.1) is 6.92 Å². The molecule has 0 saturated carbocycles. The van der Waals surface area contributed by atoms with Crippen molar-refractivity contribution in [3.63, 3.8) is 0 Å². The Morgan fingerprint density at radius 3 is 2.38 bits per heavy atom. The molecule has 2 atom stereocenters. The van der Waals surface area contributed by atoms with Gasteiger partial charge in [-0.15, -0.1) is 0 Å². The average Bonchev–Trinajstić information content (AvgIpc) is 2.98. The molecule has 0 bridgehead atoms. The number of nitrogens with zero attached hydrogens (tertiary/aromatic N) is 1. The van der Waals surface area contributed by atoms with Gasteiger partial charge in [-0.3, -0.25) is 10.5 Å². The van der Waals surface area contributed by atoms with Crippen molar-refractivity contribution in [2.45, 2.75) is 17.9 Å². The van der Waals surface area contributed by atoms with Gasteiger partial charge in [0, 0.05) is 6.54 Å². The summed E-state index contributed by atoms with van der Waals surface area (Å²) in [6.45, 7) is 1.99. The number of hydrogen-bond acceptors (Lipinski definition) is 3. The predicted octanol–water partition coefficient (Wildman–Crippen LogP) is 0.177. The van der Waals surface area contributed by atoms with Crippen LogP contribution in [0.25, 0.3) is 0 Å². The zero-order chi connectivity index (χ0) is 11.9. The minimum Gasteiger partial charge on any atom is -0.271 e. The third-order valence-corrected chi connectivity index (χ3v) is 4.39. The van der Waals surface area contributed by atoms with Crippen LogP contribution in [0.3, 0.4) is 0 Å². The van der Waals surface area contributed by atoms with Crippen molar-refractivity contribution in [2.24, 2.45) is 0 Å². The summed E-state index contributed by atoms with van der Waals surface area (Å²) < 4.78 is 24.9. The van der Waals surface area contributed by atoms with Crippen LogP contribution in [-0.4, -0.2) is 31.2 Å². The molecule has 0 aliphatic carbocycles. The van der Waals surface area contributed by atoms with Gasteiger partial charge in [0.2, 0.25) is 10.0 Å². The molecule has 1 heterocycles. The number of benzene rings is 1. The molecule has 16 heavy (non-hydrogen) atoms. The number of rotatable bonds is 3. The first-order chi connectivity index (χ1) is 7.43. The molecule has 1 aliphatic heterocycles. The molecule has 6 heteroatoms. The number of carbonyl (C=O) groups is 1. The van der Waals surface area contributed by atoms with E-state index in [4.69, 9.17) is 5.73 Å². The van der Waals surface area contributed by atoms with Crippen molar-refractivity contribution in [3.05, 3.63) is 29.8 Å². The second-order valence-electron chi connectivity index (χ2n) is 3.77. The molecule has 1 saturated heterocycles. The fourth-order valence-corrected chi connectivity index (χ4v) is 2.97. The molecule has 2 rings (SSSR count). The lowest BCUT2D eigenvalue weighted by atomic mass is 10.2. The molecule has 5 nitrogen and oxygen atoms in total. The number of carbonyl (C=O) groups excluding carboxylic acids is 1. The Morgan fingerprint density at radius 1 is 1.38 bits per heavy atom. The summed E-state index contributed by atoms with van der Waals surface area (Å²) in [4.78, 5) is 10.9. The highest BCUT2D eigenvalue weighted by atomic mass is 32.2. The average molecular weight is 239 g/mol.